The van der Waals surface area contributed by atoms with Gasteiger partial charge in [-0.05, 0) is 41.3 Å². The number of hydrogen-bond donors (Lipinski definition) is 0. The third kappa shape index (κ3) is 3.06. The van der Waals surface area contributed by atoms with E-state index in [1.165, 1.54) is 28.1 Å². The molecule has 1 aromatic heterocycles. The average molecular weight is 629 g/mol. The van der Waals surface area contributed by atoms with Crippen LogP contribution in [-0.2, 0) is 5.41 Å². The standard InChI is InChI=1S/C41H36N6O/c1-3-27-28-11-4-7-14-33(28)46-26-23-44-20-10-19-43-22-25-45(38(27)43)34-15-8-6-13-31(34)41(40(44)46)32-18-17-30-29-12-5-9-16-35(29)48-37(30)36(32)47-24-21-42(2)39(41)47/h3-9,11-18,21-27,38-40H,1,10,19-20H2,2H3. The Bertz CT molecular complexity index is 2270. The van der Waals surface area contributed by atoms with Gasteiger partial charge in [0.2, 0.25) is 0 Å². The first kappa shape index (κ1) is 26.5. The van der Waals surface area contributed by atoms with Crippen LogP contribution < -0.4 is 14.7 Å². The number of para-hydroxylation sites is 3. The number of furan rings is 1. The van der Waals surface area contributed by atoms with Crippen LogP contribution in [0.3, 0.4) is 0 Å². The molecule has 7 nitrogen and oxygen atoms in total. The van der Waals surface area contributed by atoms with E-state index in [1.807, 2.05) is 0 Å². The first-order valence-electron chi connectivity index (χ1n) is 17.1. The van der Waals surface area contributed by atoms with Crippen LogP contribution in [0.2, 0.25) is 0 Å². The maximum Gasteiger partial charge on any atom is 0.159 e. The van der Waals surface area contributed by atoms with Crippen LogP contribution in [0.25, 0.3) is 21.9 Å². The molecule has 48 heavy (non-hydrogen) atoms. The second-order valence-electron chi connectivity index (χ2n) is 13.9. The lowest BCUT2D eigenvalue weighted by Gasteiger charge is -2.52. The molecular formula is C41H36N6O. The van der Waals surface area contributed by atoms with Crippen molar-refractivity contribution in [2.24, 2.45) is 0 Å². The Hall–Kier alpha value is -5.56. The summed E-state index contributed by atoms with van der Waals surface area (Å²) in [7, 11) is 2.24. The van der Waals surface area contributed by atoms with Gasteiger partial charge >= 0.3 is 0 Å². The van der Waals surface area contributed by atoms with Crippen molar-refractivity contribution in [3.63, 3.8) is 0 Å². The highest BCUT2D eigenvalue weighted by Gasteiger charge is 2.65. The Labute approximate surface area is 280 Å². The Balaban J connectivity index is 1.32. The summed E-state index contributed by atoms with van der Waals surface area (Å²) in [5, 5.41) is 2.31. The molecule has 5 unspecified atom stereocenters. The summed E-state index contributed by atoms with van der Waals surface area (Å²) in [6.45, 7) is 6.36. The molecule has 1 spiro atoms. The molecule has 0 saturated heterocycles. The summed E-state index contributed by atoms with van der Waals surface area (Å²) >= 11 is 0. The van der Waals surface area contributed by atoms with Crippen LogP contribution >= 0.6 is 0 Å². The van der Waals surface area contributed by atoms with Gasteiger partial charge in [0.25, 0.3) is 0 Å². The average Bonchev–Trinajstić information content (AvgIpc) is 3.93. The summed E-state index contributed by atoms with van der Waals surface area (Å²) < 4.78 is 6.83. The maximum absolute atomic E-state index is 6.83. The van der Waals surface area contributed by atoms with Gasteiger partial charge in [0.05, 0.1) is 5.69 Å². The zero-order valence-corrected chi connectivity index (χ0v) is 26.9. The van der Waals surface area contributed by atoms with Crippen molar-refractivity contribution in [3.8, 4) is 0 Å². The second kappa shape index (κ2) is 9.28. The van der Waals surface area contributed by atoms with Crippen LogP contribution in [0.5, 0.6) is 0 Å². The van der Waals surface area contributed by atoms with Crippen molar-refractivity contribution >= 4 is 39.0 Å². The van der Waals surface area contributed by atoms with Gasteiger partial charge in [0.1, 0.15) is 29.5 Å². The van der Waals surface area contributed by atoms with E-state index in [0.717, 1.165) is 47.1 Å². The fraction of sp³-hybridized carbons (Fsp3) is 0.220. The number of fused-ring (bicyclic) bond motifs is 9. The first-order valence-corrected chi connectivity index (χ1v) is 17.1. The van der Waals surface area contributed by atoms with Crippen molar-refractivity contribution in [3.05, 3.63) is 151 Å². The molecule has 6 bridgehead atoms. The minimum atomic E-state index is -0.537. The molecule has 5 aromatic rings. The minimum Gasteiger partial charge on any atom is -0.454 e. The monoisotopic (exact) mass is 628 g/mol. The largest absolute Gasteiger partial charge is 0.454 e. The van der Waals surface area contributed by atoms with E-state index in [2.05, 4.69) is 171 Å². The molecule has 5 atom stereocenters. The molecular weight excluding hydrogens is 592 g/mol. The Morgan fingerprint density at radius 3 is 2.35 bits per heavy atom. The molecule has 0 N–H and O–H groups in total. The van der Waals surface area contributed by atoms with Crippen LogP contribution in [-0.4, -0.2) is 53.3 Å². The van der Waals surface area contributed by atoms with Gasteiger partial charge in [-0.25, -0.2) is 0 Å². The Kier molecular flexibility index (Phi) is 5.13. The van der Waals surface area contributed by atoms with E-state index in [0.29, 0.717) is 0 Å². The number of benzene rings is 4. The molecule has 12 rings (SSSR count). The molecule has 7 heteroatoms. The number of hydrogen-bond acceptors (Lipinski definition) is 7. The smallest absolute Gasteiger partial charge is 0.159 e. The lowest BCUT2D eigenvalue weighted by atomic mass is 9.68. The molecule has 0 aliphatic carbocycles. The molecule has 4 aromatic carbocycles. The first-order chi connectivity index (χ1) is 23.7. The van der Waals surface area contributed by atoms with Gasteiger partial charge in [0, 0.05) is 85.4 Å². The van der Waals surface area contributed by atoms with E-state index >= 15 is 0 Å². The number of likely N-dealkylation sites (N-methyl/N-ethyl adjacent to an activating group) is 1. The van der Waals surface area contributed by atoms with E-state index in [-0.39, 0.29) is 24.4 Å². The van der Waals surface area contributed by atoms with Crippen LogP contribution in [0.15, 0.2) is 139 Å². The van der Waals surface area contributed by atoms with Crippen LogP contribution in [0.1, 0.15) is 29.0 Å². The van der Waals surface area contributed by atoms with Crippen molar-refractivity contribution in [1.82, 2.24) is 14.7 Å². The zero-order valence-electron chi connectivity index (χ0n) is 26.9. The topological polar surface area (TPSA) is 32.6 Å². The quantitative estimate of drug-likeness (QED) is 0.176. The van der Waals surface area contributed by atoms with Crippen LogP contribution in [0, 0.1) is 0 Å². The summed E-state index contributed by atoms with van der Waals surface area (Å²) in [6.07, 6.45) is 17.0. The SMILES string of the molecule is C=CC1c2ccccc2N2C=CN3CCCN4C=CN(c5ccccc5C5(c6ccc7c(oc8ccccc87)c6N6C=CN(C)C65)C32)C14. The van der Waals surface area contributed by atoms with Crippen molar-refractivity contribution in [2.75, 3.05) is 34.8 Å². The second-order valence-corrected chi connectivity index (χ2v) is 13.9. The molecule has 7 aliphatic heterocycles. The minimum absolute atomic E-state index is 0.0361. The van der Waals surface area contributed by atoms with Gasteiger partial charge in [0.15, 0.2) is 5.58 Å². The van der Waals surface area contributed by atoms with E-state index in [4.69, 9.17) is 4.42 Å². The van der Waals surface area contributed by atoms with Crippen molar-refractivity contribution < 1.29 is 4.42 Å². The highest BCUT2D eigenvalue weighted by Crippen LogP contribution is 2.62. The summed E-state index contributed by atoms with van der Waals surface area (Å²) in [5.74, 6) is 0.0814. The zero-order chi connectivity index (χ0) is 31.7. The Morgan fingerprint density at radius 1 is 0.688 bits per heavy atom. The summed E-state index contributed by atoms with van der Waals surface area (Å²) in [4.78, 5) is 15.2. The molecule has 0 saturated carbocycles. The fourth-order valence-electron chi connectivity index (χ4n) is 10.0. The summed E-state index contributed by atoms with van der Waals surface area (Å²) in [6, 6.07) is 31.4. The van der Waals surface area contributed by atoms with Crippen LogP contribution in [0.4, 0.5) is 17.1 Å². The molecule has 0 fully saturated rings. The molecule has 0 amide bonds. The highest BCUT2D eigenvalue weighted by atomic mass is 16.3. The number of rotatable bonds is 1. The Morgan fingerprint density at radius 2 is 1.44 bits per heavy atom. The number of anilines is 3. The maximum atomic E-state index is 6.83. The predicted octanol–water partition coefficient (Wildman–Crippen LogP) is 7.66. The van der Waals surface area contributed by atoms with E-state index in [9.17, 15) is 0 Å². The lowest BCUT2D eigenvalue weighted by Crippen LogP contribution is -2.64. The molecule has 8 heterocycles. The normalized spacial score (nSPS) is 27.5. The van der Waals surface area contributed by atoms with Gasteiger partial charge in [-0.3, -0.25) is 0 Å². The summed E-state index contributed by atoms with van der Waals surface area (Å²) in [5.41, 5.74) is 8.87. The molecule has 0 radical (unpaired) electrons. The van der Waals surface area contributed by atoms with Gasteiger partial charge < -0.3 is 33.8 Å². The number of nitrogens with zero attached hydrogens (tertiary/aromatic N) is 6. The van der Waals surface area contributed by atoms with Gasteiger partial charge in [-0.15, -0.1) is 6.58 Å². The molecule has 7 aliphatic rings. The van der Waals surface area contributed by atoms with Gasteiger partial charge in [-0.2, -0.15) is 0 Å². The predicted molar refractivity (Wildman–Crippen MR) is 192 cm³/mol. The lowest BCUT2D eigenvalue weighted by molar-refractivity contribution is 0.146. The van der Waals surface area contributed by atoms with E-state index in [1.54, 1.807) is 0 Å². The van der Waals surface area contributed by atoms with E-state index < -0.39 is 5.41 Å². The van der Waals surface area contributed by atoms with Gasteiger partial charge in [-0.1, -0.05) is 72.8 Å². The fourth-order valence-corrected chi connectivity index (χ4v) is 10.0. The third-order valence-electron chi connectivity index (χ3n) is 11.8. The van der Waals surface area contributed by atoms with Crippen molar-refractivity contribution in [2.45, 2.75) is 36.3 Å². The van der Waals surface area contributed by atoms with Crippen molar-refractivity contribution in [1.29, 1.82) is 0 Å². The third-order valence-corrected chi connectivity index (χ3v) is 11.8. The highest BCUT2D eigenvalue weighted by molar-refractivity contribution is 6.11. The molecule has 236 valence electrons.